The molecule has 1 unspecified atom stereocenters. The van der Waals surface area contributed by atoms with Crippen LogP contribution in [-0.4, -0.2) is 52.2 Å². The topological polar surface area (TPSA) is 69.2 Å². The van der Waals surface area contributed by atoms with Crippen LogP contribution in [0.2, 0.25) is 0 Å². The average Bonchev–Trinajstić information content (AvgIpc) is 3.20. The molecule has 1 atom stereocenters. The molecule has 1 saturated heterocycles. The molecule has 2 heterocycles. The Morgan fingerprint density at radius 2 is 2.00 bits per heavy atom. The molecule has 7 heteroatoms. The highest BCUT2D eigenvalue weighted by Crippen LogP contribution is 2.25. The molecule has 1 fully saturated rings. The number of hydrogen-bond donors (Lipinski definition) is 2. The molecule has 1 aromatic heterocycles. The van der Waals surface area contributed by atoms with Gasteiger partial charge in [-0.15, -0.1) is 24.0 Å². The van der Waals surface area contributed by atoms with Crippen molar-refractivity contribution < 1.29 is 0 Å². The molecule has 0 amide bonds. The minimum absolute atomic E-state index is 0. The molecule has 2 N–H and O–H groups in total. The molecule has 1 aliphatic heterocycles. The van der Waals surface area contributed by atoms with Gasteiger partial charge >= 0.3 is 0 Å². The first-order valence-electron chi connectivity index (χ1n) is 9.62. The molecule has 27 heavy (non-hydrogen) atoms. The summed E-state index contributed by atoms with van der Waals surface area (Å²) in [7, 11) is 0. The summed E-state index contributed by atoms with van der Waals surface area (Å²) in [4.78, 5) is 11.6. The molecule has 6 nitrogen and oxygen atoms in total. The number of aryl methyl sites for hydroxylation is 1. The summed E-state index contributed by atoms with van der Waals surface area (Å²) in [6.07, 6.45) is 3.75. The highest BCUT2D eigenvalue weighted by Gasteiger charge is 2.24. The number of nitrogens with zero attached hydrogens (tertiary/aromatic N) is 4. The number of aliphatic imine (C=N–C) groups is 1. The van der Waals surface area contributed by atoms with Crippen molar-refractivity contribution in [1.29, 1.82) is 0 Å². The number of rotatable bonds is 5. The van der Waals surface area contributed by atoms with Crippen molar-refractivity contribution in [3.63, 3.8) is 0 Å². The number of likely N-dealkylation sites (tertiary alicyclic amines) is 1. The van der Waals surface area contributed by atoms with E-state index in [1.54, 1.807) is 6.33 Å². The lowest BCUT2D eigenvalue weighted by atomic mass is 9.96. The smallest absolute Gasteiger partial charge is 0.193 e. The minimum Gasteiger partial charge on any atom is -0.357 e. The second-order valence-corrected chi connectivity index (χ2v) is 7.14. The normalized spacial score (nSPS) is 16.7. The molecule has 3 rings (SSSR count). The van der Waals surface area contributed by atoms with Crippen molar-refractivity contribution in [1.82, 2.24) is 25.4 Å². The molecule has 0 radical (unpaired) electrons. The van der Waals surface area contributed by atoms with E-state index in [1.165, 1.54) is 11.1 Å². The van der Waals surface area contributed by atoms with Crippen molar-refractivity contribution in [3.05, 3.63) is 47.5 Å². The van der Waals surface area contributed by atoms with Crippen LogP contribution in [-0.2, 0) is 0 Å². The second-order valence-electron chi connectivity index (χ2n) is 7.14. The molecule has 0 aliphatic carbocycles. The average molecular weight is 482 g/mol. The number of aromatic nitrogens is 3. The summed E-state index contributed by atoms with van der Waals surface area (Å²) >= 11 is 0. The van der Waals surface area contributed by atoms with Crippen molar-refractivity contribution >= 4 is 29.9 Å². The van der Waals surface area contributed by atoms with Gasteiger partial charge in [-0.1, -0.05) is 36.8 Å². The lowest BCUT2D eigenvalue weighted by molar-refractivity contribution is 0.298. The number of guanidine groups is 1. The van der Waals surface area contributed by atoms with E-state index in [0.717, 1.165) is 50.8 Å². The van der Waals surface area contributed by atoms with Gasteiger partial charge in [0, 0.05) is 38.0 Å². The summed E-state index contributed by atoms with van der Waals surface area (Å²) in [5, 5.41) is 10.4. The van der Waals surface area contributed by atoms with Gasteiger partial charge in [-0.25, -0.2) is 4.98 Å². The Balaban J connectivity index is 0.00000261. The molecule has 0 spiro atoms. The van der Waals surface area contributed by atoms with E-state index in [9.17, 15) is 0 Å². The molecule has 148 valence electrons. The monoisotopic (exact) mass is 482 g/mol. The predicted octanol–water partition coefficient (Wildman–Crippen LogP) is 3.68. The SMILES string of the molecule is CCNC(=NCC(C)c1ccc(C)cc1)N1CCC(c2ncn[nH]2)CC1.I. The summed E-state index contributed by atoms with van der Waals surface area (Å²) in [6.45, 7) is 10.2. The highest BCUT2D eigenvalue weighted by atomic mass is 127. The Morgan fingerprint density at radius 1 is 1.30 bits per heavy atom. The van der Waals surface area contributed by atoms with Gasteiger partial charge in [0.1, 0.15) is 12.2 Å². The molecule has 1 aliphatic rings. The second kappa shape index (κ2) is 10.6. The number of hydrogen-bond acceptors (Lipinski definition) is 3. The van der Waals surface area contributed by atoms with Gasteiger partial charge in [0.05, 0.1) is 0 Å². The number of H-pyrrole nitrogens is 1. The Labute approximate surface area is 179 Å². The number of nitrogens with one attached hydrogen (secondary N) is 2. The fraction of sp³-hybridized carbons (Fsp3) is 0.550. The largest absolute Gasteiger partial charge is 0.357 e. The predicted molar refractivity (Wildman–Crippen MR) is 121 cm³/mol. The maximum atomic E-state index is 4.92. The van der Waals surface area contributed by atoms with Gasteiger partial charge in [-0.3, -0.25) is 10.1 Å². The van der Waals surface area contributed by atoms with Crippen molar-refractivity contribution in [2.45, 2.75) is 45.4 Å². The molecule has 2 aromatic rings. The van der Waals surface area contributed by atoms with Crippen LogP contribution in [0.25, 0.3) is 0 Å². The number of halogens is 1. The zero-order chi connectivity index (χ0) is 18.4. The van der Waals surface area contributed by atoms with Crippen LogP contribution >= 0.6 is 24.0 Å². The quantitative estimate of drug-likeness (QED) is 0.388. The van der Waals surface area contributed by atoms with Crippen LogP contribution in [0.5, 0.6) is 0 Å². The standard InChI is InChI=1S/C20H30N6.HI/c1-4-21-20(22-13-16(3)17-7-5-15(2)6-8-17)26-11-9-18(10-12-26)19-23-14-24-25-19;/h5-8,14,16,18H,4,9-13H2,1-3H3,(H,21,22)(H,23,24,25);1H. The molecule has 0 saturated carbocycles. The van der Waals surface area contributed by atoms with Crippen molar-refractivity contribution in [3.8, 4) is 0 Å². The van der Waals surface area contributed by atoms with E-state index in [4.69, 9.17) is 4.99 Å². The maximum absolute atomic E-state index is 4.92. The van der Waals surface area contributed by atoms with Gasteiger partial charge in [-0.2, -0.15) is 5.10 Å². The summed E-state index contributed by atoms with van der Waals surface area (Å²) in [5.41, 5.74) is 2.65. The van der Waals surface area contributed by atoms with Crippen LogP contribution in [0.1, 0.15) is 55.5 Å². The van der Waals surface area contributed by atoms with Crippen LogP contribution in [0.3, 0.4) is 0 Å². The van der Waals surface area contributed by atoms with Gasteiger partial charge in [0.2, 0.25) is 0 Å². The Morgan fingerprint density at radius 3 is 2.59 bits per heavy atom. The van der Waals surface area contributed by atoms with Gasteiger partial charge in [0.15, 0.2) is 5.96 Å². The number of piperidine rings is 1. The van der Waals surface area contributed by atoms with E-state index in [2.05, 4.69) is 70.4 Å². The minimum atomic E-state index is 0. The lowest BCUT2D eigenvalue weighted by Gasteiger charge is -2.33. The molecule has 0 bridgehead atoms. The van der Waals surface area contributed by atoms with Crippen molar-refractivity contribution in [2.75, 3.05) is 26.2 Å². The Hall–Kier alpha value is -1.64. The third kappa shape index (κ3) is 5.92. The van der Waals surface area contributed by atoms with Crippen molar-refractivity contribution in [2.24, 2.45) is 4.99 Å². The number of benzene rings is 1. The Kier molecular flexibility index (Phi) is 8.53. The zero-order valence-electron chi connectivity index (χ0n) is 16.5. The molecular formula is C20H31IN6. The van der Waals surface area contributed by atoms with Gasteiger partial charge < -0.3 is 10.2 Å². The van der Waals surface area contributed by atoms with Gasteiger partial charge in [0.25, 0.3) is 0 Å². The maximum Gasteiger partial charge on any atom is 0.193 e. The highest BCUT2D eigenvalue weighted by molar-refractivity contribution is 14.0. The third-order valence-corrected chi connectivity index (χ3v) is 5.11. The number of aromatic amines is 1. The first kappa shape index (κ1) is 21.7. The van der Waals surface area contributed by atoms with Crippen LogP contribution in [0, 0.1) is 6.92 Å². The van der Waals surface area contributed by atoms with E-state index in [0.29, 0.717) is 11.8 Å². The summed E-state index contributed by atoms with van der Waals surface area (Å²) in [5.74, 6) is 2.93. The summed E-state index contributed by atoms with van der Waals surface area (Å²) in [6, 6.07) is 8.78. The summed E-state index contributed by atoms with van der Waals surface area (Å²) < 4.78 is 0. The lowest BCUT2D eigenvalue weighted by Crippen LogP contribution is -2.45. The van der Waals surface area contributed by atoms with Crippen LogP contribution in [0.4, 0.5) is 0 Å². The van der Waals surface area contributed by atoms with Gasteiger partial charge in [-0.05, 0) is 32.3 Å². The fourth-order valence-corrected chi connectivity index (χ4v) is 3.43. The Bertz CT molecular complexity index is 690. The van der Waals surface area contributed by atoms with E-state index in [1.807, 2.05) is 0 Å². The first-order chi connectivity index (χ1) is 12.7. The third-order valence-electron chi connectivity index (χ3n) is 5.11. The van der Waals surface area contributed by atoms with E-state index in [-0.39, 0.29) is 24.0 Å². The van der Waals surface area contributed by atoms with E-state index < -0.39 is 0 Å². The zero-order valence-corrected chi connectivity index (χ0v) is 18.8. The fourth-order valence-electron chi connectivity index (χ4n) is 3.43. The van der Waals surface area contributed by atoms with Crippen LogP contribution in [0.15, 0.2) is 35.6 Å². The molecular weight excluding hydrogens is 451 g/mol. The van der Waals surface area contributed by atoms with E-state index >= 15 is 0 Å². The first-order valence-corrected chi connectivity index (χ1v) is 9.62. The molecule has 1 aromatic carbocycles. The van der Waals surface area contributed by atoms with Crippen LogP contribution < -0.4 is 5.32 Å².